The molecule has 0 saturated heterocycles. The van der Waals surface area contributed by atoms with Gasteiger partial charge in [0.1, 0.15) is 6.42 Å². The van der Waals surface area contributed by atoms with Gasteiger partial charge >= 0.3 is 0 Å². The molecule has 0 spiro atoms. The minimum Gasteiger partial charge on any atom is -0.352 e. The van der Waals surface area contributed by atoms with E-state index in [9.17, 15) is 9.59 Å². The second kappa shape index (κ2) is 6.01. The Morgan fingerprint density at radius 3 is 2.74 bits per heavy atom. The third kappa shape index (κ3) is 3.81. The number of rotatable bonds is 5. The molecule has 0 bridgehead atoms. The van der Waals surface area contributed by atoms with Gasteiger partial charge in [0.2, 0.25) is 11.8 Å². The summed E-state index contributed by atoms with van der Waals surface area (Å²) in [7, 11) is 0. The van der Waals surface area contributed by atoms with Gasteiger partial charge in [-0.3, -0.25) is 9.59 Å². The summed E-state index contributed by atoms with van der Waals surface area (Å²) in [6.07, 6.45) is 1.75. The fraction of sp³-hybridized carbons (Fsp3) is 0.357. The van der Waals surface area contributed by atoms with E-state index in [0.29, 0.717) is 12.2 Å². The molecule has 5 nitrogen and oxygen atoms in total. The summed E-state index contributed by atoms with van der Waals surface area (Å²) in [6, 6.07) is 9.04. The molecular weight excluding hydrogens is 242 g/mol. The van der Waals surface area contributed by atoms with Crippen molar-refractivity contribution in [1.82, 2.24) is 5.32 Å². The molecule has 98 valence electrons. The molecule has 1 fully saturated rings. The number of amides is 2. The lowest BCUT2D eigenvalue weighted by Crippen LogP contribution is -2.25. The van der Waals surface area contributed by atoms with Crippen LogP contribution in [-0.4, -0.2) is 11.8 Å². The normalized spacial score (nSPS) is 13.4. The Labute approximate surface area is 111 Å². The monoisotopic (exact) mass is 257 g/mol. The molecule has 2 N–H and O–H groups in total. The zero-order valence-corrected chi connectivity index (χ0v) is 10.5. The number of hydrogen-bond donors (Lipinski definition) is 2. The summed E-state index contributed by atoms with van der Waals surface area (Å²) in [5, 5.41) is 14.0. The Morgan fingerprint density at radius 2 is 2.05 bits per heavy atom. The van der Waals surface area contributed by atoms with Crippen molar-refractivity contribution in [2.45, 2.75) is 25.8 Å². The van der Waals surface area contributed by atoms with Crippen LogP contribution >= 0.6 is 0 Å². The highest BCUT2D eigenvalue weighted by Gasteiger charge is 2.29. The lowest BCUT2D eigenvalue weighted by molar-refractivity contribution is -0.122. The van der Waals surface area contributed by atoms with Gasteiger partial charge in [-0.05, 0) is 24.5 Å². The van der Waals surface area contributed by atoms with Crippen molar-refractivity contribution in [3.8, 4) is 6.07 Å². The highest BCUT2D eigenvalue weighted by atomic mass is 16.2. The predicted octanol–water partition coefficient (Wildman–Crippen LogP) is 1.56. The maximum Gasteiger partial charge on any atom is 0.238 e. The maximum absolute atomic E-state index is 11.6. The van der Waals surface area contributed by atoms with E-state index in [4.69, 9.17) is 5.26 Å². The van der Waals surface area contributed by atoms with Gasteiger partial charge in [0.25, 0.3) is 0 Å². The molecule has 2 rings (SSSR count). The van der Waals surface area contributed by atoms with Crippen molar-refractivity contribution >= 4 is 17.5 Å². The molecule has 1 aliphatic rings. The van der Waals surface area contributed by atoms with Crippen molar-refractivity contribution in [2.24, 2.45) is 5.92 Å². The Morgan fingerprint density at radius 1 is 1.32 bits per heavy atom. The van der Waals surface area contributed by atoms with E-state index in [1.54, 1.807) is 18.2 Å². The zero-order chi connectivity index (χ0) is 13.7. The van der Waals surface area contributed by atoms with Gasteiger partial charge in [-0.2, -0.15) is 5.26 Å². The molecule has 5 heteroatoms. The van der Waals surface area contributed by atoms with Crippen LogP contribution in [0.5, 0.6) is 0 Å². The quantitative estimate of drug-likeness (QED) is 0.839. The van der Waals surface area contributed by atoms with Crippen molar-refractivity contribution in [3.63, 3.8) is 0 Å². The first kappa shape index (κ1) is 13.1. The van der Waals surface area contributed by atoms with Crippen molar-refractivity contribution in [2.75, 3.05) is 5.32 Å². The minimum absolute atomic E-state index is 0.0677. The smallest absolute Gasteiger partial charge is 0.238 e. The van der Waals surface area contributed by atoms with E-state index in [2.05, 4.69) is 10.6 Å². The summed E-state index contributed by atoms with van der Waals surface area (Å²) in [4.78, 5) is 23.0. The number of carbonyl (C=O) groups is 2. The number of anilines is 1. The summed E-state index contributed by atoms with van der Waals surface area (Å²) in [5.74, 6) is -0.109. The standard InChI is InChI=1S/C14H15N3O2/c15-8-7-13(18)17-12-4-2-1-3-11(12)9-16-14(19)10-5-6-10/h1-4,10H,5-7,9H2,(H,16,19)(H,17,18). The van der Waals surface area contributed by atoms with E-state index >= 15 is 0 Å². The van der Waals surface area contributed by atoms with Crippen molar-refractivity contribution in [3.05, 3.63) is 29.8 Å². The third-order valence-corrected chi connectivity index (χ3v) is 2.93. The lowest BCUT2D eigenvalue weighted by atomic mass is 10.1. The summed E-state index contributed by atoms with van der Waals surface area (Å²) < 4.78 is 0. The number of benzene rings is 1. The molecule has 0 aliphatic heterocycles. The summed E-state index contributed by atoms with van der Waals surface area (Å²) in [5.41, 5.74) is 1.47. The summed E-state index contributed by atoms with van der Waals surface area (Å²) in [6.45, 7) is 0.387. The topological polar surface area (TPSA) is 82.0 Å². The first-order chi connectivity index (χ1) is 9.20. The molecule has 0 atom stereocenters. The van der Waals surface area contributed by atoms with Crippen LogP contribution in [0.4, 0.5) is 5.69 Å². The Hall–Kier alpha value is -2.35. The molecule has 1 aliphatic carbocycles. The second-order valence-electron chi connectivity index (χ2n) is 4.53. The number of carbonyl (C=O) groups excluding carboxylic acids is 2. The molecule has 1 aromatic carbocycles. The van der Waals surface area contributed by atoms with Gasteiger partial charge in [-0.25, -0.2) is 0 Å². The maximum atomic E-state index is 11.6. The van der Waals surface area contributed by atoms with Crippen LogP contribution in [0, 0.1) is 17.2 Å². The SMILES string of the molecule is N#CCC(=O)Nc1ccccc1CNC(=O)C1CC1. The number of nitrogens with zero attached hydrogens (tertiary/aromatic N) is 1. The van der Waals surface area contributed by atoms with E-state index in [1.165, 1.54) is 0 Å². The van der Waals surface area contributed by atoms with E-state index in [0.717, 1.165) is 18.4 Å². The van der Waals surface area contributed by atoms with Crippen LogP contribution in [0.1, 0.15) is 24.8 Å². The number of hydrogen-bond acceptors (Lipinski definition) is 3. The second-order valence-corrected chi connectivity index (χ2v) is 4.53. The molecule has 1 saturated carbocycles. The number of para-hydroxylation sites is 1. The third-order valence-electron chi connectivity index (χ3n) is 2.93. The number of nitriles is 1. The predicted molar refractivity (Wildman–Crippen MR) is 69.9 cm³/mol. The summed E-state index contributed by atoms with van der Waals surface area (Å²) >= 11 is 0. The fourth-order valence-electron chi connectivity index (χ4n) is 1.73. The van der Waals surface area contributed by atoms with Crippen LogP contribution in [0.25, 0.3) is 0 Å². The first-order valence-electron chi connectivity index (χ1n) is 6.23. The average molecular weight is 257 g/mol. The largest absolute Gasteiger partial charge is 0.352 e. The van der Waals surface area contributed by atoms with Crippen LogP contribution < -0.4 is 10.6 Å². The molecule has 0 radical (unpaired) electrons. The Kier molecular flexibility index (Phi) is 4.14. The van der Waals surface area contributed by atoms with Gasteiger partial charge < -0.3 is 10.6 Å². The lowest BCUT2D eigenvalue weighted by Gasteiger charge is -2.11. The molecule has 1 aromatic rings. The first-order valence-corrected chi connectivity index (χ1v) is 6.23. The zero-order valence-electron chi connectivity index (χ0n) is 10.5. The van der Waals surface area contributed by atoms with E-state index in [1.807, 2.05) is 12.1 Å². The van der Waals surface area contributed by atoms with Gasteiger partial charge in [-0.1, -0.05) is 18.2 Å². The minimum atomic E-state index is -0.344. The van der Waals surface area contributed by atoms with Crippen LogP contribution in [0.3, 0.4) is 0 Å². The van der Waals surface area contributed by atoms with Crippen LogP contribution in [0.15, 0.2) is 24.3 Å². The van der Waals surface area contributed by atoms with Crippen molar-refractivity contribution < 1.29 is 9.59 Å². The van der Waals surface area contributed by atoms with Gasteiger partial charge in [0, 0.05) is 18.2 Å². The highest BCUT2D eigenvalue weighted by Crippen LogP contribution is 2.29. The van der Waals surface area contributed by atoms with Crippen LogP contribution in [0.2, 0.25) is 0 Å². The highest BCUT2D eigenvalue weighted by molar-refractivity contribution is 5.92. The van der Waals surface area contributed by atoms with Gasteiger partial charge in [0.05, 0.1) is 6.07 Å². The van der Waals surface area contributed by atoms with Gasteiger partial charge in [-0.15, -0.1) is 0 Å². The Bertz CT molecular complexity index is 530. The molecule has 19 heavy (non-hydrogen) atoms. The van der Waals surface area contributed by atoms with Crippen LogP contribution in [-0.2, 0) is 16.1 Å². The fourth-order valence-corrected chi connectivity index (χ4v) is 1.73. The number of nitrogens with one attached hydrogen (secondary N) is 2. The molecule has 0 unspecified atom stereocenters. The molecular formula is C14H15N3O2. The Balaban J connectivity index is 1.97. The van der Waals surface area contributed by atoms with Gasteiger partial charge in [0.15, 0.2) is 0 Å². The molecule has 0 aromatic heterocycles. The molecule has 0 heterocycles. The van der Waals surface area contributed by atoms with E-state index < -0.39 is 0 Å². The van der Waals surface area contributed by atoms with E-state index in [-0.39, 0.29) is 24.2 Å². The van der Waals surface area contributed by atoms with Crippen molar-refractivity contribution in [1.29, 1.82) is 5.26 Å². The average Bonchev–Trinajstić information content (AvgIpc) is 3.22. The molecule has 2 amide bonds.